The van der Waals surface area contributed by atoms with Crippen molar-refractivity contribution in [2.24, 2.45) is 0 Å². The van der Waals surface area contributed by atoms with E-state index in [1.54, 1.807) is 11.3 Å². The molecule has 2 fully saturated rings. The molecule has 20 heavy (non-hydrogen) atoms. The number of fused-ring (bicyclic) bond motifs is 1. The van der Waals surface area contributed by atoms with Crippen LogP contribution in [0.3, 0.4) is 0 Å². The van der Waals surface area contributed by atoms with Crippen LogP contribution in [0.1, 0.15) is 36.7 Å². The quantitative estimate of drug-likeness (QED) is 0.921. The van der Waals surface area contributed by atoms with E-state index in [9.17, 15) is 4.79 Å². The van der Waals surface area contributed by atoms with Gasteiger partial charge in [0.25, 0.3) is 0 Å². The maximum absolute atomic E-state index is 12.3. The van der Waals surface area contributed by atoms with Crippen molar-refractivity contribution in [1.29, 1.82) is 0 Å². The number of amides is 2. The summed E-state index contributed by atoms with van der Waals surface area (Å²) in [5.74, 6) is 0. The molecule has 2 aromatic rings. The van der Waals surface area contributed by atoms with Crippen LogP contribution in [0.15, 0.2) is 24.3 Å². The highest BCUT2D eigenvalue weighted by molar-refractivity contribution is 7.18. The molecule has 0 spiro atoms. The minimum atomic E-state index is 0.0919. The van der Waals surface area contributed by atoms with Crippen LogP contribution in [-0.2, 0) is 0 Å². The largest absolute Gasteiger partial charge is 0.335 e. The van der Waals surface area contributed by atoms with Crippen molar-refractivity contribution in [3.05, 3.63) is 29.3 Å². The standard InChI is InChI=1S/C15H17N3OS/c19-15(16-10-7-8-10)18-9-3-5-12(18)14-17-11-4-1-2-6-13(11)20-14/h1-2,4,6,10,12H,3,5,7-9H2,(H,16,19). The third kappa shape index (κ3) is 2.16. The number of benzene rings is 1. The van der Waals surface area contributed by atoms with Gasteiger partial charge in [0.05, 0.1) is 16.3 Å². The van der Waals surface area contributed by atoms with Crippen molar-refractivity contribution >= 4 is 27.6 Å². The number of carbonyl (C=O) groups excluding carboxylic acids is 1. The number of nitrogens with one attached hydrogen (secondary N) is 1. The highest BCUT2D eigenvalue weighted by atomic mass is 32.1. The van der Waals surface area contributed by atoms with Crippen LogP contribution in [0.2, 0.25) is 0 Å². The van der Waals surface area contributed by atoms with E-state index < -0.39 is 0 Å². The summed E-state index contributed by atoms with van der Waals surface area (Å²) in [5.41, 5.74) is 1.04. The number of likely N-dealkylation sites (tertiary alicyclic amines) is 1. The van der Waals surface area contributed by atoms with Crippen LogP contribution < -0.4 is 5.32 Å². The van der Waals surface area contributed by atoms with E-state index >= 15 is 0 Å². The Balaban J connectivity index is 1.60. The Kier molecular flexibility index (Phi) is 2.88. The molecule has 4 nitrogen and oxygen atoms in total. The second-order valence-electron chi connectivity index (χ2n) is 5.60. The Hall–Kier alpha value is -1.62. The second-order valence-corrected chi connectivity index (χ2v) is 6.66. The normalized spacial score (nSPS) is 22.4. The topological polar surface area (TPSA) is 45.2 Å². The molecule has 1 saturated heterocycles. The predicted molar refractivity (Wildman–Crippen MR) is 79.9 cm³/mol. The molecule has 1 atom stereocenters. The number of hydrogen-bond acceptors (Lipinski definition) is 3. The lowest BCUT2D eigenvalue weighted by Crippen LogP contribution is -2.40. The SMILES string of the molecule is O=C(NC1CC1)N1CCCC1c1nc2ccccc2s1. The van der Waals surface area contributed by atoms with Crippen molar-refractivity contribution in [3.8, 4) is 0 Å². The molecule has 0 bridgehead atoms. The fourth-order valence-electron chi connectivity index (χ4n) is 2.78. The van der Waals surface area contributed by atoms with Crippen molar-refractivity contribution in [2.45, 2.75) is 37.8 Å². The Morgan fingerprint density at radius 2 is 2.15 bits per heavy atom. The van der Waals surface area contributed by atoms with Crippen LogP contribution in [0, 0.1) is 0 Å². The molecule has 1 N–H and O–H groups in total. The van der Waals surface area contributed by atoms with Gasteiger partial charge in [-0.3, -0.25) is 0 Å². The lowest BCUT2D eigenvalue weighted by molar-refractivity contribution is 0.192. The molecule has 1 aliphatic carbocycles. The van der Waals surface area contributed by atoms with Gasteiger partial charge in [-0.25, -0.2) is 9.78 Å². The first-order valence-electron chi connectivity index (χ1n) is 7.24. The van der Waals surface area contributed by atoms with E-state index in [0.29, 0.717) is 6.04 Å². The van der Waals surface area contributed by atoms with Gasteiger partial charge in [-0.2, -0.15) is 0 Å². The van der Waals surface area contributed by atoms with E-state index in [0.717, 1.165) is 42.8 Å². The van der Waals surface area contributed by atoms with Gasteiger partial charge in [0.15, 0.2) is 0 Å². The van der Waals surface area contributed by atoms with Crippen LogP contribution >= 0.6 is 11.3 Å². The maximum atomic E-state index is 12.3. The summed E-state index contributed by atoms with van der Waals surface area (Å²) in [7, 11) is 0. The number of urea groups is 1. The molecule has 4 rings (SSSR count). The third-order valence-corrected chi connectivity index (χ3v) is 5.15. The summed E-state index contributed by atoms with van der Waals surface area (Å²) in [5, 5.41) is 4.17. The van der Waals surface area contributed by atoms with E-state index in [2.05, 4.69) is 11.4 Å². The van der Waals surface area contributed by atoms with Crippen molar-refractivity contribution in [3.63, 3.8) is 0 Å². The van der Waals surface area contributed by atoms with Crippen molar-refractivity contribution in [1.82, 2.24) is 15.2 Å². The molecule has 2 amide bonds. The predicted octanol–water partition coefficient (Wildman–Crippen LogP) is 3.31. The number of para-hydroxylation sites is 1. The van der Waals surface area contributed by atoms with Gasteiger partial charge in [0, 0.05) is 12.6 Å². The number of rotatable bonds is 2. The van der Waals surface area contributed by atoms with Crippen LogP contribution in [0.4, 0.5) is 4.79 Å². The highest BCUT2D eigenvalue weighted by Crippen LogP contribution is 2.36. The summed E-state index contributed by atoms with van der Waals surface area (Å²) in [6.45, 7) is 0.846. The average molecular weight is 287 g/mol. The lowest BCUT2D eigenvalue weighted by Gasteiger charge is -2.23. The van der Waals surface area contributed by atoms with E-state index in [1.165, 1.54) is 4.70 Å². The van der Waals surface area contributed by atoms with E-state index in [-0.39, 0.29) is 12.1 Å². The Labute approximate surface area is 121 Å². The summed E-state index contributed by atoms with van der Waals surface area (Å²) in [6, 6.07) is 8.85. The number of thiazole rings is 1. The van der Waals surface area contributed by atoms with Crippen LogP contribution in [-0.4, -0.2) is 28.5 Å². The lowest BCUT2D eigenvalue weighted by atomic mass is 10.2. The fraction of sp³-hybridized carbons (Fsp3) is 0.467. The Morgan fingerprint density at radius 1 is 1.30 bits per heavy atom. The first kappa shape index (κ1) is 12.1. The number of hydrogen-bond donors (Lipinski definition) is 1. The number of aromatic nitrogens is 1. The van der Waals surface area contributed by atoms with Crippen molar-refractivity contribution < 1.29 is 4.79 Å². The molecule has 1 unspecified atom stereocenters. The molecular weight excluding hydrogens is 270 g/mol. The summed E-state index contributed by atoms with van der Waals surface area (Å²) in [6.07, 6.45) is 4.35. The molecule has 2 heterocycles. The van der Waals surface area contributed by atoms with E-state index in [1.807, 2.05) is 23.1 Å². The van der Waals surface area contributed by atoms with E-state index in [4.69, 9.17) is 4.98 Å². The highest BCUT2D eigenvalue weighted by Gasteiger charge is 2.34. The zero-order valence-corrected chi connectivity index (χ0v) is 12.0. The molecular formula is C15H17N3OS. The summed E-state index contributed by atoms with van der Waals surface area (Å²) >= 11 is 1.72. The monoisotopic (exact) mass is 287 g/mol. The van der Waals surface area contributed by atoms with Gasteiger partial charge < -0.3 is 10.2 Å². The summed E-state index contributed by atoms with van der Waals surface area (Å²) in [4.78, 5) is 19.0. The Bertz CT molecular complexity index is 616. The molecule has 104 valence electrons. The number of nitrogens with zero attached hydrogens (tertiary/aromatic N) is 2. The molecule has 1 saturated carbocycles. The fourth-order valence-corrected chi connectivity index (χ4v) is 3.90. The van der Waals surface area contributed by atoms with Gasteiger partial charge in [-0.05, 0) is 37.8 Å². The second kappa shape index (κ2) is 4.74. The minimum absolute atomic E-state index is 0.0919. The Morgan fingerprint density at radius 3 is 2.95 bits per heavy atom. The molecule has 2 aliphatic rings. The van der Waals surface area contributed by atoms with Crippen LogP contribution in [0.5, 0.6) is 0 Å². The molecule has 1 aromatic carbocycles. The number of carbonyl (C=O) groups is 1. The minimum Gasteiger partial charge on any atom is -0.335 e. The molecule has 5 heteroatoms. The van der Waals surface area contributed by atoms with Gasteiger partial charge in [-0.15, -0.1) is 11.3 Å². The smallest absolute Gasteiger partial charge is 0.318 e. The van der Waals surface area contributed by atoms with Gasteiger partial charge in [0.1, 0.15) is 5.01 Å². The van der Waals surface area contributed by atoms with Crippen molar-refractivity contribution in [2.75, 3.05) is 6.54 Å². The molecule has 1 aromatic heterocycles. The summed E-state index contributed by atoms with van der Waals surface area (Å²) < 4.78 is 1.21. The van der Waals surface area contributed by atoms with Gasteiger partial charge in [0.2, 0.25) is 0 Å². The molecule has 1 aliphatic heterocycles. The zero-order chi connectivity index (χ0) is 13.5. The third-order valence-electron chi connectivity index (χ3n) is 4.01. The molecule has 0 radical (unpaired) electrons. The first-order chi connectivity index (χ1) is 9.81. The average Bonchev–Trinajstić information content (AvgIpc) is 3.00. The van der Waals surface area contributed by atoms with Gasteiger partial charge in [-0.1, -0.05) is 12.1 Å². The van der Waals surface area contributed by atoms with Gasteiger partial charge >= 0.3 is 6.03 Å². The first-order valence-corrected chi connectivity index (χ1v) is 8.05. The van der Waals surface area contributed by atoms with Crippen LogP contribution in [0.25, 0.3) is 10.2 Å². The maximum Gasteiger partial charge on any atom is 0.318 e. The zero-order valence-electron chi connectivity index (χ0n) is 11.2.